The Morgan fingerprint density at radius 2 is 2.36 bits per heavy atom. The van der Waals surface area contributed by atoms with Gasteiger partial charge in [0.05, 0.1) is 18.4 Å². The molecular formula is C7H10N3NaO3. The van der Waals surface area contributed by atoms with E-state index in [0.29, 0.717) is 5.69 Å². The fraction of sp³-hybridized carbons (Fsp3) is 0.286. The van der Waals surface area contributed by atoms with Crippen molar-refractivity contribution in [3.05, 3.63) is 17.7 Å². The molecule has 0 fully saturated rings. The maximum atomic E-state index is 10.5. The zero-order valence-electron chi connectivity index (χ0n) is 9.00. The minimum atomic E-state index is -1.12. The van der Waals surface area contributed by atoms with E-state index in [2.05, 4.69) is 15.3 Å². The first-order chi connectivity index (χ1) is 6.09. The van der Waals surface area contributed by atoms with Crippen LogP contribution < -0.4 is 34.9 Å². The van der Waals surface area contributed by atoms with Crippen molar-refractivity contribution in [2.75, 3.05) is 0 Å². The van der Waals surface area contributed by atoms with Gasteiger partial charge in [-0.2, -0.15) is 0 Å². The molecule has 1 aromatic heterocycles. The molecule has 0 unspecified atom stereocenters. The fourth-order valence-electron chi connectivity index (χ4n) is 0.777. The van der Waals surface area contributed by atoms with E-state index in [4.69, 9.17) is 5.11 Å². The van der Waals surface area contributed by atoms with Crippen LogP contribution in [-0.2, 0) is 11.3 Å². The van der Waals surface area contributed by atoms with Gasteiger partial charge in [0.1, 0.15) is 0 Å². The SMILES string of the molecule is CC(=O)NCc1cnc(C(=O)O)[nH]1.[H-].[Na+]. The smallest absolute Gasteiger partial charge is 1.00 e. The second-order valence-electron chi connectivity index (χ2n) is 2.47. The van der Waals surface area contributed by atoms with Crippen LogP contribution in [0.3, 0.4) is 0 Å². The number of amides is 1. The van der Waals surface area contributed by atoms with Crippen LogP contribution in [-0.4, -0.2) is 27.0 Å². The van der Waals surface area contributed by atoms with E-state index >= 15 is 0 Å². The third-order valence-electron chi connectivity index (χ3n) is 1.36. The number of hydrogen-bond donors (Lipinski definition) is 3. The first-order valence-corrected chi connectivity index (χ1v) is 3.61. The second kappa shape index (κ2) is 5.79. The van der Waals surface area contributed by atoms with Crippen molar-refractivity contribution in [1.82, 2.24) is 15.3 Å². The van der Waals surface area contributed by atoms with Crippen LogP contribution >= 0.6 is 0 Å². The van der Waals surface area contributed by atoms with E-state index in [9.17, 15) is 9.59 Å². The molecule has 6 nitrogen and oxygen atoms in total. The normalized spacial score (nSPS) is 8.93. The average molecular weight is 207 g/mol. The molecule has 1 heterocycles. The third kappa shape index (κ3) is 3.91. The van der Waals surface area contributed by atoms with Gasteiger partial charge in [-0.3, -0.25) is 4.79 Å². The summed E-state index contributed by atoms with van der Waals surface area (Å²) in [6, 6.07) is 0. The van der Waals surface area contributed by atoms with Crippen LogP contribution in [0.1, 0.15) is 24.7 Å². The van der Waals surface area contributed by atoms with E-state index < -0.39 is 5.97 Å². The molecule has 0 saturated heterocycles. The Labute approximate surface area is 104 Å². The summed E-state index contributed by atoms with van der Waals surface area (Å²) in [4.78, 5) is 27.0. The number of H-pyrrole nitrogens is 1. The third-order valence-corrected chi connectivity index (χ3v) is 1.36. The summed E-state index contributed by atoms with van der Waals surface area (Å²) < 4.78 is 0. The molecule has 3 N–H and O–H groups in total. The molecule has 1 rings (SSSR count). The topological polar surface area (TPSA) is 95.1 Å². The molecule has 0 spiro atoms. The van der Waals surface area contributed by atoms with Crippen molar-refractivity contribution in [1.29, 1.82) is 0 Å². The molecular weight excluding hydrogens is 197 g/mol. The van der Waals surface area contributed by atoms with Crippen LogP contribution in [0.4, 0.5) is 0 Å². The minimum Gasteiger partial charge on any atom is -1.00 e. The predicted octanol–water partition coefficient (Wildman–Crippen LogP) is -3.14. The Kier molecular flexibility index (Phi) is 5.44. The van der Waals surface area contributed by atoms with Gasteiger partial charge in [-0.1, -0.05) is 0 Å². The molecule has 0 aliphatic rings. The van der Waals surface area contributed by atoms with Crippen molar-refractivity contribution < 1.29 is 45.7 Å². The molecule has 0 aliphatic heterocycles. The van der Waals surface area contributed by atoms with E-state index in [0.717, 1.165) is 0 Å². The van der Waals surface area contributed by atoms with Gasteiger partial charge in [-0.25, -0.2) is 9.78 Å². The van der Waals surface area contributed by atoms with Crippen LogP contribution in [0.15, 0.2) is 6.20 Å². The molecule has 0 radical (unpaired) electrons. The van der Waals surface area contributed by atoms with Crippen LogP contribution in [0, 0.1) is 0 Å². The molecule has 0 bridgehead atoms. The number of aromatic amines is 1. The van der Waals surface area contributed by atoms with Crippen molar-refractivity contribution in [3.63, 3.8) is 0 Å². The number of aromatic carboxylic acids is 1. The van der Waals surface area contributed by atoms with E-state index in [1.54, 1.807) is 0 Å². The van der Waals surface area contributed by atoms with Gasteiger partial charge in [0.15, 0.2) is 0 Å². The molecule has 1 aromatic rings. The number of carbonyl (C=O) groups excluding carboxylic acids is 1. The standard InChI is InChI=1S/C7H9N3O3.Na.H/c1-4(11)8-2-5-3-9-6(10-5)7(12)13;;/h3H,2H2,1H3,(H,8,11)(H,9,10)(H,12,13);;/q;+1;-1. The zero-order chi connectivity index (χ0) is 9.84. The average Bonchev–Trinajstić information content (AvgIpc) is 2.48. The van der Waals surface area contributed by atoms with Gasteiger partial charge in [0.25, 0.3) is 0 Å². The van der Waals surface area contributed by atoms with Gasteiger partial charge in [0.2, 0.25) is 11.7 Å². The van der Waals surface area contributed by atoms with E-state index in [-0.39, 0.29) is 49.3 Å². The second-order valence-corrected chi connectivity index (χ2v) is 2.47. The van der Waals surface area contributed by atoms with Crippen LogP contribution in [0.25, 0.3) is 0 Å². The summed E-state index contributed by atoms with van der Waals surface area (Å²) in [5.74, 6) is -1.42. The number of aromatic nitrogens is 2. The summed E-state index contributed by atoms with van der Waals surface area (Å²) in [5, 5.41) is 11.0. The molecule has 0 aliphatic carbocycles. The summed E-state index contributed by atoms with van der Waals surface area (Å²) in [6.07, 6.45) is 1.37. The molecule has 14 heavy (non-hydrogen) atoms. The van der Waals surface area contributed by atoms with Crippen molar-refractivity contribution >= 4 is 11.9 Å². The molecule has 0 atom stereocenters. The Bertz CT molecular complexity index is 342. The Morgan fingerprint density at radius 1 is 1.71 bits per heavy atom. The predicted molar refractivity (Wildman–Crippen MR) is 44.2 cm³/mol. The largest absolute Gasteiger partial charge is 1.00 e. The molecule has 7 heteroatoms. The van der Waals surface area contributed by atoms with Gasteiger partial charge in [-0.05, 0) is 0 Å². The van der Waals surface area contributed by atoms with Gasteiger partial charge < -0.3 is 16.8 Å². The van der Waals surface area contributed by atoms with Crippen molar-refractivity contribution in [3.8, 4) is 0 Å². The van der Waals surface area contributed by atoms with Crippen LogP contribution in [0.2, 0.25) is 0 Å². The minimum absolute atomic E-state index is 0. The quantitative estimate of drug-likeness (QED) is 0.456. The number of nitrogens with zero attached hydrogens (tertiary/aromatic N) is 1. The van der Waals surface area contributed by atoms with Crippen LogP contribution in [0.5, 0.6) is 0 Å². The van der Waals surface area contributed by atoms with E-state index in [1.807, 2.05) is 0 Å². The Balaban J connectivity index is 0. The van der Waals surface area contributed by atoms with Gasteiger partial charge >= 0.3 is 35.5 Å². The number of carboxylic acid groups (broad SMARTS) is 1. The number of carboxylic acids is 1. The fourth-order valence-corrected chi connectivity index (χ4v) is 0.777. The molecule has 72 valence electrons. The zero-order valence-corrected chi connectivity index (χ0v) is 10.00. The number of nitrogens with one attached hydrogen (secondary N) is 2. The Morgan fingerprint density at radius 3 is 2.79 bits per heavy atom. The number of carbonyl (C=O) groups is 2. The first-order valence-electron chi connectivity index (χ1n) is 3.61. The summed E-state index contributed by atoms with van der Waals surface area (Å²) in [5.41, 5.74) is 0.563. The monoisotopic (exact) mass is 207 g/mol. The molecule has 0 aromatic carbocycles. The van der Waals surface area contributed by atoms with E-state index in [1.165, 1.54) is 13.1 Å². The maximum Gasteiger partial charge on any atom is 1.00 e. The summed E-state index contributed by atoms with van der Waals surface area (Å²) in [6.45, 7) is 1.64. The number of hydrogen-bond acceptors (Lipinski definition) is 3. The maximum absolute atomic E-state index is 10.5. The number of imidazole rings is 1. The molecule has 0 saturated carbocycles. The van der Waals surface area contributed by atoms with Gasteiger partial charge in [0, 0.05) is 6.92 Å². The summed E-state index contributed by atoms with van der Waals surface area (Å²) in [7, 11) is 0. The van der Waals surface area contributed by atoms with Crippen molar-refractivity contribution in [2.24, 2.45) is 0 Å². The van der Waals surface area contributed by atoms with Crippen molar-refractivity contribution in [2.45, 2.75) is 13.5 Å². The first kappa shape index (κ1) is 13.2. The van der Waals surface area contributed by atoms with Gasteiger partial charge in [-0.15, -0.1) is 0 Å². The summed E-state index contributed by atoms with van der Waals surface area (Å²) >= 11 is 0. The Hall–Kier alpha value is -0.850. The molecule has 1 amide bonds. The number of rotatable bonds is 3.